The number of sulfone groups is 1. The van der Waals surface area contributed by atoms with Crippen LogP contribution in [0, 0.1) is 5.82 Å². The first-order chi connectivity index (χ1) is 12.0. The van der Waals surface area contributed by atoms with Crippen LogP contribution in [0.25, 0.3) is 0 Å². The predicted octanol–water partition coefficient (Wildman–Crippen LogP) is 2.65. The normalized spacial score (nSPS) is 20.0. The first-order valence-electron chi connectivity index (χ1n) is 7.87. The Labute approximate surface area is 150 Å². The Morgan fingerprint density at radius 3 is 2.76 bits per heavy atom. The Balaban J connectivity index is 1.64. The van der Waals surface area contributed by atoms with Crippen LogP contribution in [-0.2, 0) is 14.6 Å². The molecule has 1 aromatic carbocycles. The third-order valence-corrected chi connectivity index (χ3v) is 7.38. The molecule has 1 aromatic heterocycles. The number of amides is 1. The summed E-state index contributed by atoms with van der Waals surface area (Å²) in [4.78, 5) is 14.6. The molecule has 0 spiro atoms. The fourth-order valence-corrected chi connectivity index (χ4v) is 5.78. The molecule has 1 amide bonds. The van der Waals surface area contributed by atoms with Crippen LogP contribution in [0.5, 0.6) is 5.75 Å². The molecule has 0 aliphatic carbocycles. The summed E-state index contributed by atoms with van der Waals surface area (Å²) in [5.41, 5.74) is 0. The number of thiophene rings is 1. The van der Waals surface area contributed by atoms with Crippen LogP contribution in [0.2, 0.25) is 0 Å². The minimum Gasteiger partial charge on any atom is -0.481 e. The van der Waals surface area contributed by atoms with E-state index in [0.29, 0.717) is 13.0 Å². The Morgan fingerprint density at radius 1 is 1.24 bits per heavy atom. The minimum absolute atomic E-state index is 0.00903. The van der Waals surface area contributed by atoms with E-state index in [2.05, 4.69) is 0 Å². The van der Waals surface area contributed by atoms with Crippen molar-refractivity contribution in [3.8, 4) is 5.75 Å². The predicted molar refractivity (Wildman–Crippen MR) is 93.9 cm³/mol. The number of carbonyl (C=O) groups excluding carboxylic acids is 1. The van der Waals surface area contributed by atoms with Gasteiger partial charge in [-0.1, -0.05) is 18.2 Å². The molecule has 1 aliphatic heterocycles. The highest BCUT2D eigenvalue weighted by atomic mass is 32.2. The molecule has 0 bridgehead atoms. The number of halogens is 1. The summed E-state index contributed by atoms with van der Waals surface area (Å²) in [6, 6.07) is 9.49. The van der Waals surface area contributed by atoms with Gasteiger partial charge in [-0.25, -0.2) is 12.8 Å². The van der Waals surface area contributed by atoms with Gasteiger partial charge < -0.3 is 9.64 Å². The zero-order valence-corrected chi connectivity index (χ0v) is 15.1. The highest BCUT2D eigenvalue weighted by Gasteiger charge is 2.33. The molecule has 0 radical (unpaired) electrons. The molecular weight excluding hydrogens is 365 g/mol. The molecule has 8 heteroatoms. The standard InChI is InChI=1S/C17H18FNO4S2/c18-13-4-1-2-5-14(13)23-12-17(20)19-8-7-16(15-6-3-10-24-15)25(21,22)11-9-19/h1-6,10,16H,7-9,11-12H2/t16-/m1/s1. The lowest BCUT2D eigenvalue weighted by atomic mass is 10.2. The SMILES string of the molecule is O=C(COc1ccccc1F)N1CC[C@H](c2cccs2)S(=O)(=O)CC1. The highest BCUT2D eigenvalue weighted by molar-refractivity contribution is 7.91. The van der Waals surface area contributed by atoms with E-state index in [1.165, 1.54) is 34.4 Å². The quantitative estimate of drug-likeness (QED) is 0.814. The third-order valence-electron chi connectivity index (χ3n) is 4.14. The molecule has 3 rings (SSSR count). The largest absolute Gasteiger partial charge is 0.481 e. The molecule has 0 N–H and O–H groups in total. The molecule has 1 aliphatic rings. The van der Waals surface area contributed by atoms with Crippen LogP contribution >= 0.6 is 11.3 Å². The maximum Gasteiger partial charge on any atom is 0.260 e. The smallest absolute Gasteiger partial charge is 0.260 e. The zero-order chi connectivity index (χ0) is 17.9. The van der Waals surface area contributed by atoms with Gasteiger partial charge in [0.15, 0.2) is 28.0 Å². The summed E-state index contributed by atoms with van der Waals surface area (Å²) in [5.74, 6) is -0.951. The van der Waals surface area contributed by atoms with Crippen LogP contribution in [-0.4, -0.2) is 44.7 Å². The van der Waals surface area contributed by atoms with Crippen molar-refractivity contribution in [1.29, 1.82) is 0 Å². The number of rotatable bonds is 4. The van der Waals surface area contributed by atoms with Crippen molar-refractivity contribution in [2.75, 3.05) is 25.4 Å². The second-order valence-electron chi connectivity index (χ2n) is 5.76. The lowest BCUT2D eigenvalue weighted by Gasteiger charge is -2.20. The Kier molecular flexibility index (Phi) is 5.39. The molecule has 2 aromatic rings. The monoisotopic (exact) mass is 383 g/mol. The van der Waals surface area contributed by atoms with Crippen molar-refractivity contribution in [1.82, 2.24) is 4.90 Å². The first-order valence-corrected chi connectivity index (χ1v) is 10.5. The van der Waals surface area contributed by atoms with Crippen molar-refractivity contribution in [3.05, 3.63) is 52.5 Å². The van der Waals surface area contributed by atoms with Gasteiger partial charge in [0.1, 0.15) is 0 Å². The number of carbonyl (C=O) groups is 1. The van der Waals surface area contributed by atoms with Crippen LogP contribution < -0.4 is 4.74 Å². The molecule has 5 nitrogen and oxygen atoms in total. The van der Waals surface area contributed by atoms with Gasteiger partial charge in [-0.2, -0.15) is 0 Å². The van der Waals surface area contributed by atoms with Gasteiger partial charge in [0.25, 0.3) is 5.91 Å². The Morgan fingerprint density at radius 2 is 2.04 bits per heavy atom. The average Bonchev–Trinajstić information content (AvgIpc) is 3.05. The second kappa shape index (κ2) is 7.53. The number of ether oxygens (including phenoxy) is 1. The van der Waals surface area contributed by atoms with E-state index in [1.807, 2.05) is 17.5 Å². The van der Waals surface area contributed by atoms with Crippen molar-refractivity contribution < 1.29 is 22.3 Å². The molecule has 1 atom stereocenters. The lowest BCUT2D eigenvalue weighted by molar-refractivity contribution is -0.133. The van der Waals surface area contributed by atoms with Gasteiger partial charge in [0, 0.05) is 18.0 Å². The topological polar surface area (TPSA) is 63.7 Å². The summed E-state index contributed by atoms with van der Waals surface area (Å²) < 4.78 is 43.7. The molecule has 2 heterocycles. The van der Waals surface area contributed by atoms with Crippen LogP contribution in [0.3, 0.4) is 0 Å². The molecule has 1 fully saturated rings. The summed E-state index contributed by atoms with van der Waals surface area (Å²) in [6.07, 6.45) is 0.355. The van der Waals surface area contributed by atoms with Gasteiger partial charge in [-0.15, -0.1) is 11.3 Å². The van der Waals surface area contributed by atoms with E-state index in [4.69, 9.17) is 4.74 Å². The van der Waals surface area contributed by atoms with Crippen molar-refractivity contribution in [2.45, 2.75) is 11.7 Å². The molecule has 1 saturated heterocycles. The van der Waals surface area contributed by atoms with E-state index in [1.54, 1.807) is 6.07 Å². The molecular formula is C17H18FNO4S2. The van der Waals surface area contributed by atoms with Gasteiger partial charge in [-0.05, 0) is 30.0 Å². The minimum atomic E-state index is -3.31. The van der Waals surface area contributed by atoms with E-state index in [-0.39, 0.29) is 30.6 Å². The maximum atomic E-state index is 13.5. The molecule has 0 saturated carbocycles. The van der Waals surface area contributed by atoms with Crippen LogP contribution in [0.1, 0.15) is 16.5 Å². The Hall–Kier alpha value is -1.93. The number of para-hydroxylation sites is 1. The molecule has 25 heavy (non-hydrogen) atoms. The van der Waals surface area contributed by atoms with Gasteiger partial charge in [0.2, 0.25) is 0 Å². The number of hydrogen-bond acceptors (Lipinski definition) is 5. The average molecular weight is 383 g/mol. The zero-order valence-electron chi connectivity index (χ0n) is 13.4. The number of benzene rings is 1. The molecule has 0 unspecified atom stereocenters. The van der Waals surface area contributed by atoms with Crippen molar-refractivity contribution >= 4 is 27.1 Å². The fraction of sp³-hybridized carbons (Fsp3) is 0.353. The first kappa shape index (κ1) is 17.9. The van der Waals surface area contributed by atoms with Crippen molar-refractivity contribution in [2.24, 2.45) is 0 Å². The summed E-state index contributed by atoms with van der Waals surface area (Å²) >= 11 is 1.41. The van der Waals surface area contributed by atoms with Crippen LogP contribution in [0.15, 0.2) is 41.8 Å². The maximum absolute atomic E-state index is 13.5. The fourth-order valence-electron chi connectivity index (χ4n) is 2.78. The van der Waals surface area contributed by atoms with Crippen LogP contribution in [0.4, 0.5) is 4.39 Å². The third kappa shape index (κ3) is 4.19. The highest BCUT2D eigenvalue weighted by Crippen LogP contribution is 2.32. The van der Waals surface area contributed by atoms with Gasteiger partial charge in [-0.3, -0.25) is 4.79 Å². The Bertz CT molecular complexity index is 836. The van der Waals surface area contributed by atoms with E-state index in [0.717, 1.165) is 4.88 Å². The van der Waals surface area contributed by atoms with Crippen molar-refractivity contribution in [3.63, 3.8) is 0 Å². The van der Waals surface area contributed by atoms with E-state index >= 15 is 0 Å². The van der Waals surface area contributed by atoms with Gasteiger partial charge in [0.05, 0.1) is 11.0 Å². The van der Waals surface area contributed by atoms with Gasteiger partial charge >= 0.3 is 0 Å². The number of hydrogen-bond donors (Lipinski definition) is 0. The van der Waals surface area contributed by atoms with E-state index in [9.17, 15) is 17.6 Å². The summed E-state index contributed by atoms with van der Waals surface area (Å²) in [6.45, 7) is 0.148. The molecule has 134 valence electrons. The summed E-state index contributed by atoms with van der Waals surface area (Å²) in [7, 11) is -3.31. The van der Waals surface area contributed by atoms with E-state index < -0.39 is 20.9 Å². The second-order valence-corrected chi connectivity index (χ2v) is 9.04. The number of nitrogens with zero attached hydrogens (tertiary/aromatic N) is 1. The summed E-state index contributed by atoms with van der Waals surface area (Å²) in [5, 5.41) is 1.28. The lowest BCUT2D eigenvalue weighted by Crippen LogP contribution is -2.37.